The Hall–Kier alpha value is -1.35. The zero-order valence-corrected chi connectivity index (χ0v) is 19.6. The Balaban J connectivity index is 0.00000225. The van der Waals surface area contributed by atoms with E-state index in [1.807, 2.05) is 0 Å². The molecule has 0 amide bonds. The Bertz CT molecular complexity index is 945. The van der Waals surface area contributed by atoms with Gasteiger partial charge in [-0.15, -0.1) is 0 Å². The molecule has 0 spiro atoms. The van der Waals surface area contributed by atoms with Crippen molar-refractivity contribution in [1.82, 2.24) is 0 Å². The molecule has 4 rings (SSSR count). The van der Waals surface area contributed by atoms with Crippen molar-refractivity contribution in [1.29, 1.82) is 0 Å². The standard InChI is InChI=1S/C25H28NO.Y/c1-20-13-14-22-11-5-6-12-24(22)25(20)17-23(27)19-26(15-7-8-16-26)18-21-9-3-2-4-10-21;/h2-6,9-14H,7-8,15-19H2,1H3;/q+1;. The van der Waals surface area contributed by atoms with Crippen LogP contribution < -0.4 is 0 Å². The van der Waals surface area contributed by atoms with E-state index in [4.69, 9.17) is 0 Å². The van der Waals surface area contributed by atoms with Gasteiger partial charge in [0.15, 0.2) is 5.78 Å². The number of quaternary nitrogens is 1. The summed E-state index contributed by atoms with van der Waals surface area (Å²) in [5.74, 6) is 0.368. The molecule has 1 heterocycles. The smallest absolute Gasteiger partial charge is 0.191 e. The Kier molecular flexibility index (Phi) is 7.20. The van der Waals surface area contributed by atoms with Gasteiger partial charge in [-0.05, 0) is 28.8 Å². The van der Waals surface area contributed by atoms with Crippen molar-refractivity contribution in [3.8, 4) is 0 Å². The maximum absolute atomic E-state index is 13.1. The number of carbonyl (C=O) groups is 1. The zero-order valence-electron chi connectivity index (χ0n) is 16.7. The molecule has 1 aliphatic heterocycles. The molecule has 3 aromatic rings. The molecular formula is C25H28NOY+. The number of benzene rings is 3. The quantitative estimate of drug-likeness (QED) is 0.483. The molecule has 0 aromatic heterocycles. The number of aryl methyl sites for hydroxylation is 1. The van der Waals surface area contributed by atoms with Crippen molar-refractivity contribution in [3.05, 3.63) is 83.4 Å². The molecule has 0 N–H and O–H groups in total. The Morgan fingerprint density at radius 1 is 0.893 bits per heavy atom. The fourth-order valence-electron chi connectivity index (χ4n) is 4.66. The van der Waals surface area contributed by atoms with Gasteiger partial charge >= 0.3 is 0 Å². The van der Waals surface area contributed by atoms with E-state index in [0.29, 0.717) is 18.7 Å². The minimum Gasteiger partial charge on any atom is -0.314 e. The van der Waals surface area contributed by atoms with E-state index in [9.17, 15) is 4.79 Å². The summed E-state index contributed by atoms with van der Waals surface area (Å²) in [5, 5.41) is 2.45. The van der Waals surface area contributed by atoms with E-state index in [1.165, 1.54) is 40.3 Å². The minimum atomic E-state index is 0. The summed E-state index contributed by atoms with van der Waals surface area (Å²) in [5.41, 5.74) is 3.77. The fourth-order valence-corrected chi connectivity index (χ4v) is 4.66. The number of ketones is 1. The van der Waals surface area contributed by atoms with Crippen molar-refractivity contribution >= 4 is 16.6 Å². The minimum absolute atomic E-state index is 0. The Labute approximate surface area is 193 Å². The maximum Gasteiger partial charge on any atom is 0.191 e. The third-order valence-corrected chi connectivity index (χ3v) is 6.04. The molecule has 1 radical (unpaired) electrons. The summed E-state index contributed by atoms with van der Waals surface area (Å²) in [6, 6.07) is 23.4. The van der Waals surface area contributed by atoms with Crippen molar-refractivity contribution in [2.45, 2.75) is 32.7 Å². The second-order valence-electron chi connectivity index (χ2n) is 8.10. The molecule has 0 bridgehead atoms. The van der Waals surface area contributed by atoms with Crippen molar-refractivity contribution in [2.24, 2.45) is 0 Å². The molecule has 2 nitrogen and oxygen atoms in total. The zero-order chi connectivity index (χ0) is 18.7. The predicted molar refractivity (Wildman–Crippen MR) is 112 cm³/mol. The predicted octanol–water partition coefficient (Wildman–Crippen LogP) is 5.07. The molecule has 0 unspecified atom stereocenters. The van der Waals surface area contributed by atoms with Gasteiger partial charge in [0.25, 0.3) is 0 Å². The van der Waals surface area contributed by atoms with Crippen molar-refractivity contribution < 1.29 is 42.0 Å². The molecule has 1 saturated heterocycles. The molecule has 1 fully saturated rings. The van der Waals surface area contributed by atoms with Gasteiger partial charge < -0.3 is 4.48 Å². The number of nitrogens with zero attached hydrogens (tertiary/aromatic N) is 1. The second kappa shape index (κ2) is 9.43. The number of hydrogen-bond acceptors (Lipinski definition) is 1. The molecule has 0 aliphatic carbocycles. The van der Waals surface area contributed by atoms with E-state index in [2.05, 4.69) is 73.7 Å². The van der Waals surface area contributed by atoms with Crippen molar-refractivity contribution in [2.75, 3.05) is 19.6 Å². The third-order valence-electron chi connectivity index (χ3n) is 6.04. The monoisotopic (exact) mass is 447 g/mol. The molecule has 0 saturated carbocycles. The molecule has 3 heteroatoms. The summed E-state index contributed by atoms with van der Waals surface area (Å²) in [6.07, 6.45) is 3.00. The fraction of sp³-hybridized carbons (Fsp3) is 0.320. The molecule has 3 aromatic carbocycles. The van der Waals surface area contributed by atoms with Crippen LogP contribution in [0.3, 0.4) is 0 Å². The van der Waals surface area contributed by atoms with Gasteiger partial charge in [-0.3, -0.25) is 4.79 Å². The van der Waals surface area contributed by atoms with Crippen LogP contribution in [0.2, 0.25) is 0 Å². The van der Waals surface area contributed by atoms with Gasteiger partial charge in [-0.25, -0.2) is 0 Å². The summed E-state index contributed by atoms with van der Waals surface area (Å²) in [7, 11) is 0. The van der Waals surface area contributed by atoms with Crippen LogP contribution in [0.1, 0.15) is 29.5 Å². The summed E-state index contributed by atoms with van der Waals surface area (Å²) < 4.78 is 0.923. The van der Waals surface area contributed by atoms with Gasteiger partial charge in [0, 0.05) is 57.5 Å². The first-order valence-corrected chi connectivity index (χ1v) is 10.0. The first kappa shape index (κ1) is 21.4. The molecule has 28 heavy (non-hydrogen) atoms. The van der Waals surface area contributed by atoms with Crippen LogP contribution in [0.4, 0.5) is 0 Å². The van der Waals surface area contributed by atoms with Gasteiger partial charge in [0.05, 0.1) is 13.1 Å². The largest absolute Gasteiger partial charge is 0.314 e. The van der Waals surface area contributed by atoms with Crippen LogP contribution in [-0.4, -0.2) is 29.9 Å². The average molecular weight is 447 g/mol. The third kappa shape index (κ3) is 4.79. The number of Topliss-reactive ketones (excluding diaryl/α,β-unsaturated/α-hetero) is 1. The van der Waals surface area contributed by atoms with Crippen LogP contribution in [0.15, 0.2) is 66.7 Å². The van der Waals surface area contributed by atoms with E-state index in [1.54, 1.807) is 0 Å². The Morgan fingerprint density at radius 2 is 1.57 bits per heavy atom. The van der Waals surface area contributed by atoms with Gasteiger partial charge in [0.1, 0.15) is 13.1 Å². The summed E-state index contributed by atoms with van der Waals surface area (Å²) in [6.45, 7) is 5.99. The van der Waals surface area contributed by atoms with Crippen LogP contribution in [-0.2, 0) is 50.5 Å². The normalized spacial score (nSPS) is 15.3. The summed E-state index contributed by atoms with van der Waals surface area (Å²) in [4.78, 5) is 13.1. The van der Waals surface area contributed by atoms with E-state index < -0.39 is 0 Å². The van der Waals surface area contributed by atoms with Crippen LogP contribution in [0, 0.1) is 6.92 Å². The van der Waals surface area contributed by atoms with Gasteiger partial charge in [-0.1, -0.05) is 66.7 Å². The summed E-state index contributed by atoms with van der Waals surface area (Å²) >= 11 is 0. The second-order valence-corrected chi connectivity index (χ2v) is 8.10. The Morgan fingerprint density at radius 3 is 2.32 bits per heavy atom. The molecule has 1 aliphatic rings. The van der Waals surface area contributed by atoms with Crippen LogP contribution in [0.25, 0.3) is 10.8 Å². The molecule has 141 valence electrons. The van der Waals surface area contributed by atoms with E-state index in [-0.39, 0.29) is 32.7 Å². The van der Waals surface area contributed by atoms with Gasteiger partial charge in [0.2, 0.25) is 0 Å². The maximum atomic E-state index is 13.1. The number of carbonyl (C=O) groups excluding carboxylic acids is 1. The molecular weight excluding hydrogens is 419 g/mol. The average Bonchev–Trinajstić information content (AvgIpc) is 3.12. The number of fused-ring (bicyclic) bond motifs is 1. The van der Waals surface area contributed by atoms with E-state index >= 15 is 0 Å². The number of likely N-dealkylation sites (tertiary alicyclic amines) is 1. The first-order chi connectivity index (χ1) is 13.2. The topological polar surface area (TPSA) is 17.1 Å². The van der Waals surface area contributed by atoms with Crippen molar-refractivity contribution in [3.63, 3.8) is 0 Å². The first-order valence-electron chi connectivity index (χ1n) is 10.0. The van der Waals surface area contributed by atoms with Gasteiger partial charge in [-0.2, -0.15) is 0 Å². The molecule has 0 atom stereocenters. The number of rotatable bonds is 6. The van der Waals surface area contributed by atoms with E-state index in [0.717, 1.165) is 24.1 Å². The SMILES string of the molecule is Cc1ccc2ccccc2c1CC(=O)C[N+]1(Cc2ccccc2)CCCC1.[Y]. The number of hydrogen-bond donors (Lipinski definition) is 0. The van der Waals surface area contributed by atoms with Crippen LogP contribution in [0.5, 0.6) is 0 Å². The van der Waals surface area contributed by atoms with Crippen LogP contribution >= 0.6 is 0 Å².